The first kappa shape index (κ1) is 23.7. The van der Waals surface area contributed by atoms with Gasteiger partial charge in [0, 0.05) is 25.1 Å². The van der Waals surface area contributed by atoms with E-state index in [2.05, 4.69) is 20.8 Å². The number of aryl methyl sites for hydroxylation is 2. The molecule has 0 radical (unpaired) electrons. The van der Waals surface area contributed by atoms with Crippen LogP contribution in [0.1, 0.15) is 58.1 Å². The predicted octanol–water partition coefficient (Wildman–Crippen LogP) is 2.81. The molecule has 8 heteroatoms. The van der Waals surface area contributed by atoms with Crippen molar-refractivity contribution < 1.29 is 14.1 Å². The van der Waals surface area contributed by atoms with E-state index >= 15 is 0 Å². The van der Waals surface area contributed by atoms with Gasteiger partial charge in [-0.25, -0.2) is 4.99 Å². The molecule has 144 valence electrons. The fourth-order valence-electron chi connectivity index (χ4n) is 2.22. The van der Waals surface area contributed by atoms with Crippen molar-refractivity contribution in [3.8, 4) is 0 Å². The highest BCUT2D eigenvalue weighted by Crippen LogP contribution is 2.16. The Hall–Kier alpha value is -1.32. The molecule has 0 unspecified atom stereocenters. The van der Waals surface area contributed by atoms with Gasteiger partial charge in [0.05, 0.1) is 24.8 Å². The van der Waals surface area contributed by atoms with E-state index in [1.165, 1.54) is 0 Å². The summed E-state index contributed by atoms with van der Waals surface area (Å²) in [6.07, 6.45) is 1.83. The third kappa shape index (κ3) is 8.55. The quantitative estimate of drug-likeness (QED) is 0.252. The second-order valence-corrected chi connectivity index (χ2v) is 5.65. The Bertz CT molecular complexity index is 522. The second-order valence-electron chi connectivity index (χ2n) is 5.65. The summed E-state index contributed by atoms with van der Waals surface area (Å²) in [6, 6.07) is 0. The van der Waals surface area contributed by atoms with Gasteiger partial charge in [0.1, 0.15) is 5.76 Å². The molecular formula is C17H31IN4O3. The number of aromatic nitrogens is 1. The summed E-state index contributed by atoms with van der Waals surface area (Å²) >= 11 is 0. The third-order valence-corrected chi connectivity index (χ3v) is 3.34. The van der Waals surface area contributed by atoms with Gasteiger partial charge in [0.25, 0.3) is 0 Å². The van der Waals surface area contributed by atoms with E-state index in [9.17, 15) is 4.79 Å². The van der Waals surface area contributed by atoms with Crippen LogP contribution < -0.4 is 10.6 Å². The molecule has 1 aromatic heterocycles. The van der Waals surface area contributed by atoms with Gasteiger partial charge in [0.15, 0.2) is 5.96 Å². The zero-order chi connectivity index (χ0) is 17.9. The number of carbonyl (C=O) groups excluding carboxylic acids is 1. The summed E-state index contributed by atoms with van der Waals surface area (Å²) in [5.41, 5.74) is 2.00. The van der Waals surface area contributed by atoms with E-state index in [1.54, 1.807) is 0 Å². The minimum absolute atomic E-state index is 0. The topological polar surface area (TPSA) is 88.8 Å². The van der Waals surface area contributed by atoms with Crippen molar-refractivity contribution in [2.75, 3.05) is 13.1 Å². The Balaban J connectivity index is 0.00000576. The molecular weight excluding hydrogens is 435 g/mol. The third-order valence-electron chi connectivity index (χ3n) is 3.34. The average molecular weight is 466 g/mol. The minimum Gasteiger partial charge on any atom is -0.463 e. The lowest BCUT2D eigenvalue weighted by Crippen LogP contribution is -2.38. The van der Waals surface area contributed by atoms with Gasteiger partial charge in [-0.3, -0.25) is 4.79 Å². The molecule has 1 rings (SSSR count). The SMILES string of the molecule is CCNC(=NCc1c(CC)noc1CC)NCCC(=O)OC(C)C.I. The lowest BCUT2D eigenvalue weighted by molar-refractivity contribution is -0.147. The molecule has 0 fully saturated rings. The lowest BCUT2D eigenvalue weighted by atomic mass is 10.1. The van der Waals surface area contributed by atoms with Crippen LogP contribution in [0.15, 0.2) is 9.52 Å². The van der Waals surface area contributed by atoms with Gasteiger partial charge in [-0.2, -0.15) is 0 Å². The van der Waals surface area contributed by atoms with Crippen LogP contribution >= 0.6 is 24.0 Å². The fraction of sp³-hybridized carbons (Fsp3) is 0.706. The lowest BCUT2D eigenvalue weighted by Gasteiger charge is -2.12. The molecule has 1 heterocycles. The van der Waals surface area contributed by atoms with Crippen LogP contribution in [0.3, 0.4) is 0 Å². The first-order valence-electron chi connectivity index (χ1n) is 8.69. The summed E-state index contributed by atoms with van der Waals surface area (Å²) in [6.45, 7) is 11.5. The van der Waals surface area contributed by atoms with Crippen LogP contribution in [0.25, 0.3) is 0 Å². The van der Waals surface area contributed by atoms with Crippen molar-refractivity contribution >= 4 is 35.9 Å². The Labute approximate surface area is 167 Å². The number of hydrogen-bond acceptors (Lipinski definition) is 5. The highest BCUT2D eigenvalue weighted by molar-refractivity contribution is 14.0. The van der Waals surface area contributed by atoms with Crippen molar-refractivity contribution in [1.29, 1.82) is 0 Å². The largest absolute Gasteiger partial charge is 0.463 e. The zero-order valence-electron chi connectivity index (χ0n) is 15.8. The van der Waals surface area contributed by atoms with Crippen LogP contribution in [-0.4, -0.2) is 36.3 Å². The number of guanidine groups is 1. The van der Waals surface area contributed by atoms with Crippen LogP contribution in [0.5, 0.6) is 0 Å². The molecule has 2 N–H and O–H groups in total. The Morgan fingerprint density at radius 1 is 1.24 bits per heavy atom. The van der Waals surface area contributed by atoms with Crippen molar-refractivity contribution in [3.05, 3.63) is 17.0 Å². The molecule has 0 amide bonds. The number of hydrogen-bond donors (Lipinski definition) is 2. The molecule has 0 aliphatic rings. The molecule has 7 nitrogen and oxygen atoms in total. The molecule has 1 aromatic rings. The summed E-state index contributed by atoms with van der Waals surface area (Å²) in [4.78, 5) is 16.1. The number of aliphatic imine (C=N–C) groups is 1. The highest BCUT2D eigenvalue weighted by Gasteiger charge is 2.13. The van der Waals surface area contributed by atoms with Crippen LogP contribution in [-0.2, 0) is 28.9 Å². The maximum Gasteiger partial charge on any atom is 0.307 e. The monoisotopic (exact) mass is 466 g/mol. The van der Waals surface area contributed by atoms with E-state index in [-0.39, 0.29) is 36.0 Å². The first-order valence-corrected chi connectivity index (χ1v) is 8.69. The molecule has 0 bridgehead atoms. The fourth-order valence-corrected chi connectivity index (χ4v) is 2.22. The zero-order valence-corrected chi connectivity index (χ0v) is 18.2. The second kappa shape index (κ2) is 13.0. The number of ether oxygens (including phenoxy) is 1. The first-order chi connectivity index (χ1) is 11.5. The molecule has 0 aromatic carbocycles. The van der Waals surface area contributed by atoms with Crippen LogP contribution in [0.4, 0.5) is 0 Å². The van der Waals surface area contributed by atoms with E-state index in [0.29, 0.717) is 25.5 Å². The summed E-state index contributed by atoms with van der Waals surface area (Å²) in [5, 5.41) is 10.4. The molecule has 0 atom stereocenters. The molecule has 0 aliphatic heterocycles. The predicted molar refractivity (Wildman–Crippen MR) is 109 cm³/mol. The Kier molecular flexibility index (Phi) is 12.3. The van der Waals surface area contributed by atoms with Crippen molar-refractivity contribution in [2.24, 2.45) is 4.99 Å². The highest BCUT2D eigenvalue weighted by atomic mass is 127. The Morgan fingerprint density at radius 2 is 1.96 bits per heavy atom. The van der Waals surface area contributed by atoms with E-state index < -0.39 is 0 Å². The van der Waals surface area contributed by atoms with Crippen molar-refractivity contribution in [1.82, 2.24) is 15.8 Å². The van der Waals surface area contributed by atoms with Crippen LogP contribution in [0.2, 0.25) is 0 Å². The average Bonchev–Trinajstić information content (AvgIpc) is 2.93. The van der Waals surface area contributed by atoms with Gasteiger partial charge in [-0.1, -0.05) is 19.0 Å². The van der Waals surface area contributed by atoms with Gasteiger partial charge in [0.2, 0.25) is 0 Å². The molecule has 0 saturated carbocycles. The maximum absolute atomic E-state index is 11.6. The van der Waals surface area contributed by atoms with E-state index in [4.69, 9.17) is 9.26 Å². The van der Waals surface area contributed by atoms with Crippen LogP contribution in [0, 0.1) is 0 Å². The van der Waals surface area contributed by atoms with Gasteiger partial charge >= 0.3 is 5.97 Å². The van der Waals surface area contributed by atoms with E-state index in [1.807, 2.05) is 34.6 Å². The maximum atomic E-state index is 11.6. The molecule has 25 heavy (non-hydrogen) atoms. The number of carbonyl (C=O) groups is 1. The normalized spacial score (nSPS) is 11.2. The Morgan fingerprint density at radius 3 is 2.52 bits per heavy atom. The van der Waals surface area contributed by atoms with Gasteiger partial charge in [-0.15, -0.1) is 24.0 Å². The number of nitrogens with one attached hydrogen (secondary N) is 2. The van der Waals surface area contributed by atoms with Gasteiger partial charge in [-0.05, 0) is 27.2 Å². The molecule has 0 aliphatic carbocycles. The number of nitrogens with zero attached hydrogens (tertiary/aromatic N) is 2. The van der Waals surface area contributed by atoms with Gasteiger partial charge < -0.3 is 19.9 Å². The van der Waals surface area contributed by atoms with Crippen molar-refractivity contribution in [3.63, 3.8) is 0 Å². The molecule has 0 spiro atoms. The summed E-state index contributed by atoms with van der Waals surface area (Å²) < 4.78 is 10.5. The molecule has 0 saturated heterocycles. The number of rotatable bonds is 9. The smallest absolute Gasteiger partial charge is 0.307 e. The summed E-state index contributed by atoms with van der Waals surface area (Å²) in [7, 11) is 0. The van der Waals surface area contributed by atoms with Crippen molar-refractivity contribution in [2.45, 2.75) is 66.5 Å². The number of halogens is 1. The standard InChI is InChI=1S/C17H30N4O3.HI/c1-6-14-13(15(7-2)24-21-14)11-20-17(18-8-3)19-10-9-16(22)23-12(4)5;/h12H,6-11H2,1-5H3,(H2,18,19,20);1H. The van der Waals surface area contributed by atoms with E-state index in [0.717, 1.165) is 36.4 Å². The minimum atomic E-state index is -0.214. The number of esters is 1. The summed E-state index contributed by atoms with van der Waals surface area (Å²) in [5.74, 6) is 1.33.